The molecule has 1 aromatic carbocycles. The summed E-state index contributed by atoms with van der Waals surface area (Å²) in [6.07, 6.45) is 2.68. The van der Waals surface area contributed by atoms with Crippen molar-refractivity contribution in [1.29, 1.82) is 0 Å². The van der Waals surface area contributed by atoms with Crippen molar-refractivity contribution in [1.82, 2.24) is 4.98 Å². The van der Waals surface area contributed by atoms with Crippen LogP contribution in [-0.4, -0.2) is 29.8 Å². The van der Waals surface area contributed by atoms with Gasteiger partial charge in [0.15, 0.2) is 5.13 Å². The van der Waals surface area contributed by atoms with Gasteiger partial charge in [-0.3, -0.25) is 5.32 Å². The Bertz CT molecular complexity index is 762. The van der Waals surface area contributed by atoms with Crippen LogP contribution in [-0.2, 0) is 4.74 Å². The number of anilines is 2. The number of thiazole rings is 1. The molecular formula is C19H23N3O2S. The minimum absolute atomic E-state index is 0.471. The summed E-state index contributed by atoms with van der Waals surface area (Å²) in [6, 6.07) is 10.4. The van der Waals surface area contributed by atoms with Gasteiger partial charge < -0.3 is 9.64 Å². The van der Waals surface area contributed by atoms with E-state index in [1.165, 1.54) is 22.6 Å². The van der Waals surface area contributed by atoms with Crippen LogP contribution in [0.1, 0.15) is 32.9 Å². The summed E-state index contributed by atoms with van der Waals surface area (Å²) in [5.41, 5.74) is 2.88. The maximum atomic E-state index is 11.8. The molecule has 1 aromatic heterocycles. The molecule has 3 rings (SSSR count). The number of para-hydroxylation sites is 1. The van der Waals surface area contributed by atoms with Gasteiger partial charge in [0.05, 0.1) is 5.69 Å². The van der Waals surface area contributed by atoms with Gasteiger partial charge in [0, 0.05) is 24.2 Å². The molecular weight excluding hydrogens is 334 g/mol. The number of nitrogens with zero attached hydrogens (tertiary/aromatic N) is 2. The number of ether oxygens (including phenoxy) is 1. The maximum Gasteiger partial charge on any atom is 0.413 e. The minimum atomic E-state index is -0.517. The van der Waals surface area contributed by atoms with Crippen molar-refractivity contribution < 1.29 is 9.53 Å². The number of carbonyl (C=O) groups excluding carboxylic acids is 1. The summed E-state index contributed by atoms with van der Waals surface area (Å²) in [6.45, 7) is 7.34. The van der Waals surface area contributed by atoms with Crippen LogP contribution in [0.15, 0.2) is 41.8 Å². The van der Waals surface area contributed by atoms with Gasteiger partial charge in [-0.25, -0.2) is 9.78 Å². The lowest BCUT2D eigenvalue weighted by atomic mass is 10.1. The highest BCUT2D eigenvalue weighted by Crippen LogP contribution is 2.28. The lowest BCUT2D eigenvalue weighted by Gasteiger charge is -2.28. The quantitative estimate of drug-likeness (QED) is 0.858. The second kappa shape index (κ2) is 7.27. The Labute approximate surface area is 152 Å². The lowest BCUT2D eigenvalue weighted by Crippen LogP contribution is -2.28. The molecule has 132 valence electrons. The molecule has 1 N–H and O–H groups in total. The number of carbonyl (C=O) groups is 1. The first kappa shape index (κ1) is 17.5. The van der Waals surface area contributed by atoms with E-state index in [4.69, 9.17) is 4.74 Å². The van der Waals surface area contributed by atoms with Crippen LogP contribution in [0.25, 0.3) is 5.57 Å². The molecule has 2 aromatic rings. The normalized spacial score (nSPS) is 14.8. The molecule has 0 saturated heterocycles. The number of benzene rings is 1. The van der Waals surface area contributed by atoms with E-state index >= 15 is 0 Å². The fourth-order valence-corrected chi connectivity index (χ4v) is 3.37. The highest BCUT2D eigenvalue weighted by atomic mass is 32.1. The van der Waals surface area contributed by atoms with E-state index < -0.39 is 11.7 Å². The first-order chi connectivity index (χ1) is 11.9. The summed E-state index contributed by atoms with van der Waals surface area (Å²) in [7, 11) is 0. The molecule has 1 amide bonds. The van der Waals surface area contributed by atoms with Crippen LogP contribution in [0.2, 0.25) is 0 Å². The molecule has 6 heteroatoms. The van der Waals surface area contributed by atoms with Crippen LogP contribution < -0.4 is 10.2 Å². The monoisotopic (exact) mass is 357 g/mol. The molecule has 25 heavy (non-hydrogen) atoms. The van der Waals surface area contributed by atoms with Crippen LogP contribution in [0.4, 0.5) is 15.6 Å². The lowest BCUT2D eigenvalue weighted by molar-refractivity contribution is 0.0636. The molecule has 0 spiro atoms. The smallest absolute Gasteiger partial charge is 0.413 e. The van der Waals surface area contributed by atoms with Gasteiger partial charge in [-0.05, 0) is 44.9 Å². The molecule has 1 aliphatic heterocycles. The topological polar surface area (TPSA) is 54.5 Å². The van der Waals surface area contributed by atoms with Crippen molar-refractivity contribution in [3.63, 3.8) is 0 Å². The van der Waals surface area contributed by atoms with E-state index in [0.29, 0.717) is 5.13 Å². The van der Waals surface area contributed by atoms with Crippen LogP contribution >= 0.6 is 11.3 Å². The Hall–Kier alpha value is -2.34. The molecule has 0 unspecified atom stereocenters. The summed E-state index contributed by atoms with van der Waals surface area (Å²) < 4.78 is 5.25. The molecule has 0 aliphatic carbocycles. The maximum absolute atomic E-state index is 11.8. The predicted octanol–water partition coefficient (Wildman–Crippen LogP) is 4.78. The average molecular weight is 357 g/mol. The van der Waals surface area contributed by atoms with Gasteiger partial charge in [0.1, 0.15) is 5.60 Å². The van der Waals surface area contributed by atoms with Crippen molar-refractivity contribution in [2.45, 2.75) is 32.8 Å². The van der Waals surface area contributed by atoms with E-state index in [2.05, 4.69) is 45.5 Å². The van der Waals surface area contributed by atoms with Gasteiger partial charge in [-0.15, -0.1) is 11.3 Å². The van der Waals surface area contributed by atoms with E-state index in [9.17, 15) is 4.79 Å². The van der Waals surface area contributed by atoms with Crippen LogP contribution in [0.5, 0.6) is 0 Å². The van der Waals surface area contributed by atoms with Crippen molar-refractivity contribution in [3.05, 3.63) is 47.5 Å². The summed E-state index contributed by atoms with van der Waals surface area (Å²) >= 11 is 1.42. The fourth-order valence-electron chi connectivity index (χ4n) is 2.64. The zero-order chi connectivity index (χ0) is 17.9. The molecule has 5 nitrogen and oxygen atoms in total. The van der Waals surface area contributed by atoms with Crippen molar-refractivity contribution in [2.75, 3.05) is 23.3 Å². The van der Waals surface area contributed by atoms with Gasteiger partial charge in [0.2, 0.25) is 0 Å². The summed E-state index contributed by atoms with van der Waals surface area (Å²) in [4.78, 5) is 18.7. The third-order valence-electron chi connectivity index (χ3n) is 3.77. The van der Waals surface area contributed by atoms with E-state index in [-0.39, 0.29) is 0 Å². The zero-order valence-corrected chi connectivity index (χ0v) is 15.6. The number of nitrogens with one attached hydrogen (secondary N) is 1. The Morgan fingerprint density at radius 3 is 2.68 bits per heavy atom. The second-order valence-corrected chi connectivity index (χ2v) is 7.78. The third kappa shape index (κ3) is 4.82. The number of amides is 1. The molecule has 2 heterocycles. The summed E-state index contributed by atoms with van der Waals surface area (Å²) in [5.74, 6) is 0. The molecule has 0 saturated carbocycles. The highest BCUT2D eigenvalue weighted by molar-refractivity contribution is 7.14. The number of rotatable bonds is 3. The van der Waals surface area contributed by atoms with Crippen molar-refractivity contribution in [3.8, 4) is 0 Å². The molecule has 0 bridgehead atoms. The first-order valence-electron chi connectivity index (χ1n) is 8.36. The summed E-state index contributed by atoms with van der Waals surface area (Å²) in [5, 5.41) is 5.25. The van der Waals surface area contributed by atoms with Gasteiger partial charge in [-0.1, -0.05) is 24.3 Å². The predicted molar refractivity (Wildman–Crippen MR) is 103 cm³/mol. The molecule has 0 atom stereocenters. The highest BCUT2D eigenvalue weighted by Gasteiger charge is 2.19. The fraction of sp³-hybridized carbons (Fsp3) is 0.368. The van der Waals surface area contributed by atoms with Gasteiger partial charge in [0.25, 0.3) is 0 Å². The van der Waals surface area contributed by atoms with E-state index in [0.717, 1.165) is 25.2 Å². The van der Waals surface area contributed by atoms with E-state index in [1.807, 2.05) is 32.2 Å². The van der Waals surface area contributed by atoms with Crippen molar-refractivity contribution in [2.24, 2.45) is 0 Å². The van der Waals surface area contributed by atoms with Crippen LogP contribution in [0.3, 0.4) is 0 Å². The van der Waals surface area contributed by atoms with Gasteiger partial charge in [-0.2, -0.15) is 0 Å². The Morgan fingerprint density at radius 2 is 2.04 bits per heavy atom. The number of aromatic nitrogens is 1. The molecule has 0 radical (unpaired) electrons. The Kier molecular flexibility index (Phi) is 5.08. The Balaban J connectivity index is 1.61. The molecule has 0 fully saturated rings. The number of hydrogen-bond acceptors (Lipinski definition) is 5. The second-order valence-electron chi connectivity index (χ2n) is 6.93. The minimum Gasteiger partial charge on any atom is -0.444 e. The molecule has 1 aliphatic rings. The first-order valence-corrected chi connectivity index (χ1v) is 9.23. The zero-order valence-electron chi connectivity index (χ0n) is 14.8. The van der Waals surface area contributed by atoms with E-state index in [1.54, 1.807) is 0 Å². The average Bonchev–Trinajstić information content (AvgIpc) is 3.02. The standard InChI is InChI=1S/C19H23N3O2S/c1-19(2,3)24-18(23)21-17-20-16(13-25-17)14-9-11-22(12-10-14)15-7-5-4-6-8-15/h4-9,13H,10-12H2,1-3H3,(H,20,21,23). The van der Waals surface area contributed by atoms with Crippen LogP contribution in [0, 0.1) is 0 Å². The number of hydrogen-bond donors (Lipinski definition) is 1. The van der Waals surface area contributed by atoms with Gasteiger partial charge >= 0.3 is 6.09 Å². The van der Waals surface area contributed by atoms with Crippen molar-refractivity contribution >= 4 is 33.8 Å². The largest absolute Gasteiger partial charge is 0.444 e. The third-order valence-corrected chi connectivity index (χ3v) is 4.53. The Morgan fingerprint density at radius 1 is 1.28 bits per heavy atom. The SMILES string of the molecule is CC(C)(C)OC(=O)Nc1nc(C2=CCN(c3ccccc3)CC2)cs1.